The van der Waals surface area contributed by atoms with Crippen molar-refractivity contribution >= 4 is 5.91 Å². The van der Waals surface area contributed by atoms with Gasteiger partial charge in [-0.3, -0.25) is 4.79 Å². The third-order valence-corrected chi connectivity index (χ3v) is 6.54. The van der Waals surface area contributed by atoms with Crippen LogP contribution in [0.4, 0.5) is 0 Å². The number of hydrogen-bond donors (Lipinski definition) is 1. The van der Waals surface area contributed by atoms with Gasteiger partial charge >= 0.3 is 0 Å². The maximum absolute atomic E-state index is 12.6. The van der Waals surface area contributed by atoms with E-state index in [2.05, 4.69) is 24.4 Å². The van der Waals surface area contributed by atoms with Crippen molar-refractivity contribution in [1.82, 2.24) is 5.32 Å². The molecule has 0 spiro atoms. The van der Waals surface area contributed by atoms with Crippen LogP contribution in [-0.4, -0.2) is 18.6 Å². The zero-order valence-electron chi connectivity index (χ0n) is 14.9. The molecule has 4 bridgehead atoms. The van der Waals surface area contributed by atoms with E-state index in [0.717, 1.165) is 35.5 Å². The Labute approximate surface area is 145 Å². The first-order chi connectivity index (χ1) is 11.5. The first kappa shape index (κ1) is 16.0. The maximum Gasteiger partial charge on any atom is 0.220 e. The lowest BCUT2D eigenvalue weighted by Crippen LogP contribution is -2.59. The number of nitrogens with one attached hydrogen (secondary N) is 1. The summed E-state index contributed by atoms with van der Waals surface area (Å²) < 4.78 is 5.31. The van der Waals surface area contributed by atoms with Crippen molar-refractivity contribution in [2.75, 3.05) is 7.11 Å². The van der Waals surface area contributed by atoms with Crippen molar-refractivity contribution in [2.24, 2.45) is 17.8 Å². The van der Waals surface area contributed by atoms with Crippen molar-refractivity contribution < 1.29 is 9.53 Å². The van der Waals surface area contributed by atoms with Crippen molar-refractivity contribution in [3.8, 4) is 5.75 Å². The highest BCUT2D eigenvalue weighted by Gasteiger charge is 2.51. The van der Waals surface area contributed by atoms with E-state index in [1.54, 1.807) is 7.11 Å². The Hall–Kier alpha value is -1.51. The molecule has 4 saturated carbocycles. The van der Waals surface area contributed by atoms with Crippen LogP contribution >= 0.6 is 0 Å². The van der Waals surface area contributed by atoms with Gasteiger partial charge in [0, 0.05) is 12.0 Å². The summed E-state index contributed by atoms with van der Waals surface area (Å²) in [6.07, 6.45) is 9.34. The fourth-order valence-corrected chi connectivity index (χ4v) is 5.98. The fourth-order valence-electron chi connectivity index (χ4n) is 5.98. The van der Waals surface area contributed by atoms with E-state index < -0.39 is 0 Å². The van der Waals surface area contributed by atoms with Crippen LogP contribution in [0.15, 0.2) is 18.2 Å². The van der Waals surface area contributed by atoms with Crippen LogP contribution in [0, 0.1) is 24.7 Å². The highest BCUT2D eigenvalue weighted by molar-refractivity contribution is 5.77. The summed E-state index contributed by atoms with van der Waals surface area (Å²) in [5.41, 5.74) is 2.49. The molecule has 5 rings (SSSR count). The second kappa shape index (κ2) is 6.09. The number of ether oxygens (including phenoxy) is 1. The smallest absolute Gasteiger partial charge is 0.220 e. The minimum absolute atomic E-state index is 0.141. The summed E-state index contributed by atoms with van der Waals surface area (Å²) in [6, 6.07) is 6.21. The van der Waals surface area contributed by atoms with Crippen molar-refractivity contribution in [3.05, 3.63) is 29.3 Å². The van der Waals surface area contributed by atoms with Crippen LogP contribution in [0.25, 0.3) is 0 Å². The summed E-state index contributed by atoms with van der Waals surface area (Å²) in [7, 11) is 1.70. The number of amides is 1. The van der Waals surface area contributed by atoms with Crippen LogP contribution in [0.2, 0.25) is 0 Å². The van der Waals surface area contributed by atoms with Gasteiger partial charge in [-0.15, -0.1) is 0 Å². The van der Waals surface area contributed by atoms with Gasteiger partial charge in [0.1, 0.15) is 5.75 Å². The number of methoxy groups -OCH3 is 1. The average Bonchev–Trinajstić information content (AvgIpc) is 2.51. The zero-order valence-corrected chi connectivity index (χ0v) is 14.9. The molecule has 0 atom stereocenters. The van der Waals surface area contributed by atoms with Crippen molar-refractivity contribution in [3.63, 3.8) is 0 Å². The molecule has 0 saturated heterocycles. The van der Waals surface area contributed by atoms with Crippen LogP contribution in [0.1, 0.15) is 56.1 Å². The molecule has 0 unspecified atom stereocenters. The molecule has 1 aromatic rings. The predicted octanol–water partition coefficient (Wildman–Crippen LogP) is 4.02. The van der Waals surface area contributed by atoms with Crippen LogP contribution in [0.3, 0.4) is 0 Å². The molecule has 0 aliphatic heterocycles. The average molecular weight is 327 g/mol. The summed E-state index contributed by atoms with van der Waals surface area (Å²) in [6.45, 7) is 2.05. The second-order valence-electron chi connectivity index (χ2n) is 8.55. The summed E-state index contributed by atoms with van der Waals surface area (Å²) in [4.78, 5) is 12.6. The molecule has 1 amide bonds. The van der Waals surface area contributed by atoms with E-state index in [1.807, 2.05) is 6.07 Å². The van der Waals surface area contributed by atoms with E-state index in [9.17, 15) is 4.79 Å². The van der Waals surface area contributed by atoms with Gasteiger partial charge in [-0.25, -0.2) is 0 Å². The highest BCUT2D eigenvalue weighted by Crippen LogP contribution is 2.55. The predicted molar refractivity (Wildman–Crippen MR) is 95.1 cm³/mol. The normalized spacial score (nSPS) is 33.5. The molecular weight excluding hydrogens is 298 g/mol. The Morgan fingerprint density at radius 3 is 2.33 bits per heavy atom. The SMILES string of the molecule is COc1ccc(CCC(=O)NC23CC4CC(CC(C4)C2)C3)cc1C. The molecule has 3 heteroatoms. The Kier molecular flexibility index (Phi) is 4.06. The summed E-state index contributed by atoms with van der Waals surface area (Å²) in [5, 5.41) is 3.47. The van der Waals surface area contributed by atoms with Crippen molar-refractivity contribution in [1.29, 1.82) is 0 Å². The number of hydrogen-bond acceptors (Lipinski definition) is 2. The van der Waals surface area contributed by atoms with E-state index in [1.165, 1.54) is 44.1 Å². The van der Waals surface area contributed by atoms with Gasteiger partial charge in [-0.2, -0.15) is 0 Å². The van der Waals surface area contributed by atoms with Crippen molar-refractivity contribution in [2.45, 2.75) is 63.8 Å². The standard InChI is InChI=1S/C21H29NO2/c1-14-7-15(3-5-19(14)24-2)4-6-20(23)22-21-11-16-8-17(12-21)10-18(9-16)13-21/h3,5,7,16-18H,4,6,8-13H2,1-2H3,(H,22,23). The fraction of sp³-hybridized carbons (Fsp3) is 0.667. The van der Waals surface area contributed by atoms with Gasteiger partial charge in [0.05, 0.1) is 7.11 Å². The Morgan fingerprint density at radius 2 is 1.79 bits per heavy atom. The molecule has 24 heavy (non-hydrogen) atoms. The van der Waals surface area contributed by atoms with Gasteiger partial charge < -0.3 is 10.1 Å². The van der Waals surface area contributed by atoms with E-state index in [4.69, 9.17) is 4.74 Å². The molecule has 130 valence electrons. The topological polar surface area (TPSA) is 38.3 Å². The van der Waals surface area contributed by atoms with Crippen LogP contribution in [0.5, 0.6) is 5.75 Å². The van der Waals surface area contributed by atoms with Gasteiger partial charge in [0.2, 0.25) is 5.91 Å². The molecule has 0 aromatic heterocycles. The van der Waals surface area contributed by atoms with Gasteiger partial charge in [0.25, 0.3) is 0 Å². The van der Waals surface area contributed by atoms with Gasteiger partial charge in [-0.05, 0) is 86.8 Å². The molecule has 4 aliphatic carbocycles. The Bertz CT molecular complexity index is 601. The molecule has 0 heterocycles. The first-order valence-corrected chi connectivity index (χ1v) is 9.50. The first-order valence-electron chi connectivity index (χ1n) is 9.50. The van der Waals surface area contributed by atoms with Crippen LogP contribution < -0.4 is 10.1 Å². The molecule has 1 N–H and O–H groups in total. The van der Waals surface area contributed by atoms with E-state index in [0.29, 0.717) is 6.42 Å². The molecule has 0 radical (unpaired) electrons. The number of benzene rings is 1. The number of carbonyl (C=O) groups is 1. The van der Waals surface area contributed by atoms with Gasteiger partial charge in [-0.1, -0.05) is 12.1 Å². The quantitative estimate of drug-likeness (QED) is 0.887. The third-order valence-electron chi connectivity index (χ3n) is 6.54. The number of aryl methyl sites for hydroxylation is 2. The zero-order chi connectivity index (χ0) is 16.7. The monoisotopic (exact) mass is 327 g/mol. The summed E-state index contributed by atoms with van der Waals surface area (Å²) in [5.74, 6) is 3.78. The molecule has 4 fully saturated rings. The third kappa shape index (κ3) is 3.05. The lowest BCUT2D eigenvalue weighted by atomic mass is 9.53. The molecular formula is C21H29NO2. The maximum atomic E-state index is 12.6. The van der Waals surface area contributed by atoms with Crippen LogP contribution in [-0.2, 0) is 11.2 Å². The number of carbonyl (C=O) groups excluding carboxylic acids is 1. The molecule has 3 nitrogen and oxygen atoms in total. The Balaban J connectivity index is 1.35. The lowest BCUT2D eigenvalue weighted by molar-refractivity contribution is -0.126. The minimum atomic E-state index is 0.141. The number of rotatable bonds is 5. The highest BCUT2D eigenvalue weighted by atomic mass is 16.5. The van der Waals surface area contributed by atoms with E-state index >= 15 is 0 Å². The van der Waals surface area contributed by atoms with Gasteiger partial charge in [0.15, 0.2) is 0 Å². The largest absolute Gasteiger partial charge is 0.496 e. The lowest BCUT2D eigenvalue weighted by Gasteiger charge is -2.56. The molecule has 1 aromatic carbocycles. The molecule has 4 aliphatic rings. The minimum Gasteiger partial charge on any atom is -0.496 e. The summed E-state index contributed by atoms with van der Waals surface area (Å²) >= 11 is 0. The Morgan fingerprint density at radius 1 is 1.17 bits per heavy atom. The second-order valence-corrected chi connectivity index (χ2v) is 8.55. The van der Waals surface area contributed by atoms with E-state index in [-0.39, 0.29) is 11.4 Å².